The maximum Gasteiger partial charge on any atom is 0.223 e. The molecule has 0 aliphatic rings. The van der Waals surface area contributed by atoms with E-state index in [1.165, 1.54) is 0 Å². The van der Waals surface area contributed by atoms with Gasteiger partial charge in [0.05, 0.1) is 25.7 Å². The fraction of sp³-hybridized carbons (Fsp3) is 0.417. The van der Waals surface area contributed by atoms with Gasteiger partial charge >= 0.3 is 0 Å². The number of halogens is 1. The Bertz CT molecular complexity index is 369. The van der Waals surface area contributed by atoms with Crippen LogP contribution in [0.1, 0.15) is 6.42 Å². The maximum absolute atomic E-state index is 11.3. The molecule has 0 heterocycles. The Morgan fingerprint density at radius 3 is 2.67 bits per heavy atom. The molecule has 100 valence electrons. The highest BCUT2D eigenvalue weighted by Gasteiger charge is 2.05. The van der Waals surface area contributed by atoms with Gasteiger partial charge in [-0.1, -0.05) is 15.9 Å². The third-order valence-corrected chi connectivity index (χ3v) is 2.69. The monoisotopic (exact) mass is 317 g/mol. The SMILES string of the molecule is O=C(CCOc1ccc(Br)cc1)NCC(O)CO. The average molecular weight is 318 g/mol. The molecule has 0 spiro atoms. The summed E-state index contributed by atoms with van der Waals surface area (Å²) in [5.41, 5.74) is 0. The Hall–Kier alpha value is -1.11. The van der Waals surface area contributed by atoms with Crippen LogP contribution in [0.15, 0.2) is 28.7 Å². The molecular formula is C12H16BrNO4. The lowest BCUT2D eigenvalue weighted by Crippen LogP contribution is -2.34. The van der Waals surface area contributed by atoms with Crippen LogP contribution in [0.4, 0.5) is 0 Å². The molecule has 1 aromatic carbocycles. The molecule has 0 fully saturated rings. The van der Waals surface area contributed by atoms with Crippen molar-refractivity contribution >= 4 is 21.8 Å². The van der Waals surface area contributed by atoms with Crippen molar-refractivity contribution in [2.75, 3.05) is 19.8 Å². The van der Waals surface area contributed by atoms with Crippen LogP contribution in [-0.4, -0.2) is 42.0 Å². The van der Waals surface area contributed by atoms with E-state index in [4.69, 9.17) is 14.9 Å². The summed E-state index contributed by atoms with van der Waals surface area (Å²) < 4.78 is 6.33. The minimum Gasteiger partial charge on any atom is -0.493 e. The molecule has 0 aliphatic heterocycles. The van der Waals surface area contributed by atoms with Crippen molar-refractivity contribution in [1.82, 2.24) is 5.32 Å². The van der Waals surface area contributed by atoms with Gasteiger partial charge in [0.1, 0.15) is 5.75 Å². The Kier molecular flexibility index (Phi) is 6.70. The number of ether oxygens (including phenoxy) is 1. The highest BCUT2D eigenvalue weighted by Crippen LogP contribution is 2.15. The Morgan fingerprint density at radius 2 is 2.06 bits per heavy atom. The molecular weight excluding hydrogens is 302 g/mol. The molecule has 0 aromatic heterocycles. The minimum absolute atomic E-state index is 0.0492. The van der Waals surface area contributed by atoms with Gasteiger partial charge in [-0.25, -0.2) is 0 Å². The lowest BCUT2D eigenvalue weighted by Gasteiger charge is -2.09. The van der Waals surface area contributed by atoms with Crippen LogP contribution in [-0.2, 0) is 4.79 Å². The lowest BCUT2D eigenvalue weighted by atomic mass is 10.3. The number of hydrogen-bond acceptors (Lipinski definition) is 4. The summed E-state index contributed by atoms with van der Waals surface area (Å²) in [6, 6.07) is 7.31. The van der Waals surface area contributed by atoms with E-state index in [0.717, 1.165) is 4.47 Å². The predicted molar refractivity (Wildman–Crippen MR) is 70.4 cm³/mol. The van der Waals surface area contributed by atoms with Gasteiger partial charge in [-0.15, -0.1) is 0 Å². The van der Waals surface area contributed by atoms with Gasteiger partial charge < -0.3 is 20.3 Å². The Labute approximate surface area is 114 Å². The standard InChI is InChI=1S/C12H16BrNO4/c13-9-1-3-11(4-2-9)18-6-5-12(17)14-7-10(16)8-15/h1-4,10,15-16H,5-8H2,(H,14,17). The fourth-order valence-electron chi connectivity index (χ4n) is 1.18. The Balaban J connectivity index is 2.17. The van der Waals surface area contributed by atoms with Crippen molar-refractivity contribution in [1.29, 1.82) is 0 Å². The first kappa shape index (κ1) is 14.9. The summed E-state index contributed by atoms with van der Waals surface area (Å²) in [7, 11) is 0. The zero-order valence-electron chi connectivity index (χ0n) is 9.80. The van der Waals surface area contributed by atoms with E-state index >= 15 is 0 Å². The molecule has 1 atom stereocenters. The molecule has 1 unspecified atom stereocenters. The second-order valence-electron chi connectivity index (χ2n) is 3.69. The summed E-state index contributed by atoms with van der Waals surface area (Å²) in [6.45, 7) is -0.0496. The summed E-state index contributed by atoms with van der Waals surface area (Å²) in [4.78, 5) is 11.3. The minimum atomic E-state index is -0.915. The maximum atomic E-state index is 11.3. The van der Waals surface area contributed by atoms with E-state index in [0.29, 0.717) is 5.75 Å². The molecule has 0 aliphatic carbocycles. The molecule has 6 heteroatoms. The summed E-state index contributed by atoms with van der Waals surface area (Å²) >= 11 is 3.31. The topological polar surface area (TPSA) is 78.8 Å². The van der Waals surface area contributed by atoms with Crippen LogP contribution in [0.5, 0.6) is 5.75 Å². The van der Waals surface area contributed by atoms with Gasteiger partial charge in [0.2, 0.25) is 5.91 Å². The molecule has 0 saturated heterocycles. The number of hydrogen-bond donors (Lipinski definition) is 3. The number of rotatable bonds is 7. The smallest absolute Gasteiger partial charge is 0.223 e. The van der Waals surface area contributed by atoms with E-state index in [-0.39, 0.29) is 32.1 Å². The molecule has 3 N–H and O–H groups in total. The molecule has 1 amide bonds. The average Bonchev–Trinajstić information content (AvgIpc) is 2.38. The van der Waals surface area contributed by atoms with E-state index in [1.807, 2.05) is 12.1 Å². The molecule has 5 nitrogen and oxygen atoms in total. The fourth-order valence-corrected chi connectivity index (χ4v) is 1.44. The van der Waals surface area contributed by atoms with Gasteiger partial charge in [0.15, 0.2) is 0 Å². The second kappa shape index (κ2) is 8.07. The number of amides is 1. The summed E-state index contributed by atoms with van der Waals surface area (Å²) in [6.07, 6.45) is -0.713. The van der Waals surface area contributed by atoms with E-state index in [9.17, 15) is 4.79 Å². The van der Waals surface area contributed by atoms with Crippen LogP contribution < -0.4 is 10.1 Å². The van der Waals surface area contributed by atoms with Crippen molar-refractivity contribution in [3.8, 4) is 5.75 Å². The number of aliphatic hydroxyl groups excluding tert-OH is 2. The van der Waals surface area contributed by atoms with E-state index < -0.39 is 6.10 Å². The van der Waals surface area contributed by atoms with Gasteiger partial charge in [-0.05, 0) is 24.3 Å². The zero-order chi connectivity index (χ0) is 13.4. The van der Waals surface area contributed by atoms with E-state index in [1.54, 1.807) is 12.1 Å². The van der Waals surface area contributed by atoms with Crippen LogP contribution in [0.2, 0.25) is 0 Å². The molecule has 0 radical (unpaired) electrons. The highest BCUT2D eigenvalue weighted by atomic mass is 79.9. The third-order valence-electron chi connectivity index (χ3n) is 2.16. The normalized spacial score (nSPS) is 11.9. The lowest BCUT2D eigenvalue weighted by molar-refractivity contribution is -0.122. The first-order chi connectivity index (χ1) is 8.61. The van der Waals surface area contributed by atoms with Crippen molar-refractivity contribution in [2.45, 2.75) is 12.5 Å². The van der Waals surface area contributed by atoms with Gasteiger partial charge in [-0.3, -0.25) is 4.79 Å². The van der Waals surface area contributed by atoms with Crippen LogP contribution in [0.25, 0.3) is 0 Å². The van der Waals surface area contributed by atoms with Crippen LogP contribution >= 0.6 is 15.9 Å². The van der Waals surface area contributed by atoms with Crippen molar-refractivity contribution in [2.24, 2.45) is 0 Å². The van der Waals surface area contributed by atoms with Gasteiger partial charge in [0, 0.05) is 11.0 Å². The molecule has 18 heavy (non-hydrogen) atoms. The number of carbonyl (C=O) groups is 1. The van der Waals surface area contributed by atoms with Gasteiger partial charge in [-0.2, -0.15) is 0 Å². The summed E-state index contributed by atoms with van der Waals surface area (Å²) in [5.74, 6) is 0.473. The first-order valence-electron chi connectivity index (χ1n) is 5.56. The number of nitrogens with one attached hydrogen (secondary N) is 1. The zero-order valence-corrected chi connectivity index (χ0v) is 11.4. The largest absolute Gasteiger partial charge is 0.493 e. The highest BCUT2D eigenvalue weighted by molar-refractivity contribution is 9.10. The Morgan fingerprint density at radius 1 is 1.39 bits per heavy atom. The molecule has 0 bridgehead atoms. The van der Waals surface area contributed by atoms with Crippen molar-refractivity contribution in [3.05, 3.63) is 28.7 Å². The number of benzene rings is 1. The third kappa shape index (κ3) is 6.00. The van der Waals surface area contributed by atoms with Gasteiger partial charge in [0.25, 0.3) is 0 Å². The summed E-state index contributed by atoms with van der Waals surface area (Å²) in [5, 5.41) is 20.1. The van der Waals surface area contributed by atoms with Crippen molar-refractivity contribution in [3.63, 3.8) is 0 Å². The molecule has 1 rings (SSSR count). The quantitative estimate of drug-likeness (QED) is 0.691. The van der Waals surface area contributed by atoms with Crippen LogP contribution in [0, 0.1) is 0 Å². The second-order valence-corrected chi connectivity index (χ2v) is 4.61. The molecule has 0 saturated carbocycles. The van der Waals surface area contributed by atoms with E-state index in [2.05, 4.69) is 21.2 Å². The molecule has 1 aromatic rings. The number of carbonyl (C=O) groups excluding carboxylic acids is 1. The number of aliphatic hydroxyl groups is 2. The van der Waals surface area contributed by atoms with Crippen molar-refractivity contribution < 1.29 is 19.7 Å². The first-order valence-corrected chi connectivity index (χ1v) is 6.35. The predicted octanol–water partition coefficient (Wildman–Crippen LogP) is 0.687. The van der Waals surface area contributed by atoms with Crippen LogP contribution in [0.3, 0.4) is 0 Å².